The molecule has 0 bridgehead atoms. The number of rotatable bonds is 4. The van der Waals surface area contributed by atoms with Crippen LogP contribution in [0.15, 0.2) is 96.6 Å². The minimum absolute atomic E-state index is 0.0108. The highest BCUT2D eigenvalue weighted by Crippen LogP contribution is 2.48. The third-order valence-electron chi connectivity index (χ3n) is 5.54. The molecule has 6 nitrogen and oxygen atoms in total. The number of para-hydroxylation sites is 2. The van der Waals surface area contributed by atoms with Gasteiger partial charge in [-0.05, 0) is 48.5 Å². The van der Waals surface area contributed by atoms with E-state index < -0.39 is 0 Å². The van der Waals surface area contributed by atoms with Crippen molar-refractivity contribution in [1.82, 2.24) is 14.8 Å². The number of carbonyl (C=O) groups is 1. The first-order valence-electron chi connectivity index (χ1n) is 10.5. The number of hydrogen-bond acceptors (Lipinski definition) is 6. The van der Waals surface area contributed by atoms with Crippen LogP contribution < -0.4 is 4.90 Å². The lowest BCUT2D eigenvalue weighted by Gasteiger charge is -2.30. The van der Waals surface area contributed by atoms with Crippen molar-refractivity contribution < 1.29 is 9.21 Å². The molecule has 9 heteroatoms. The average molecular weight is 549 g/mol. The van der Waals surface area contributed by atoms with E-state index in [1.807, 2.05) is 89.3 Å². The van der Waals surface area contributed by atoms with Crippen LogP contribution in [0.1, 0.15) is 0 Å². The van der Waals surface area contributed by atoms with E-state index >= 15 is 0 Å². The monoisotopic (exact) mass is 548 g/mol. The standard InChI is InChI=1S/C25H17BrN4O2S2/c1-29-24(20-13-15-12-16(26)10-11-19(15)32-20)27-28-25(29)33-14-23(31)30-17-6-2-4-8-21(17)34-22-9-5-3-7-18(22)30/h2-13H,14H2,1H3. The highest BCUT2D eigenvalue weighted by Gasteiger charge is 2.28. The zero-order valence-corrected chi connectivity index (χ0v) is 21.2. The molecule has 0 saturated heterocycles. The second-order valence-electron chi connectivity index (χ2n) is 7.71. The minimum atomic E-state index is -0.0108. The molecular weight excluding hydrogens is 532 g/mol. The van der Waals surface area contributed by atoms with Crippen LogP contribution in [0.3, 0.4) is 0 Å². The third kappa shape index (κ3) is 3.73. The van der Waals surface area contributed by atoms with Gasteiger partial charge in [-0.15, -0.1) is 10.2 Å². The fourth-order valence-electron chi connectivity index (χ4n) is 3.94. The topological polar surface area (TPSA) is 64.2 Å². The van der Waals surface area contributed by atoms with Gasteiger partial charge in [-0.3, -0.25) is 9.69 Å². The highest BCUT2D eigenvalue weighted by atomic mass is 79.9. The summed E-state index contributed by atoms with van der Waals surface area (Å²) in [4.78, 5) is 17.4. The van der Waals surface area contributed by atoms with Crippen molar-refractivity contribution in [3.05, 3.63) is 77.3 Å². The second-order valence-corrected chi connectivity index (χ2v) is 10.7. The van der Waals surface area contributed by atoms with Gasteiger partial charge in [-0.1, -0.05) is 63.7 Å². The molecule has 1 amide bonds. The summed E-state index contributed by atoms with van der Waals surface area (Å²) in [5.41, 5.74) is 2.60. The van der Waals surface area contributed by atoms with Crippen LogP contribution in [0.2, 0.25) is 0 Å². The van der Waals surface area contributed by atoms with Gasteiger partial charge in [0.15, 0.2) is 16.7 Å². The van der Waals surface area contributed by atoms with E-state index in [2.05, 4.69) is 26.1 Å². The predicted molar refractivity (Wildman–Crippen MR) is 139 cm³/mol. The van der Waals surface area contributed by atoms with Crippen LogP contribution in [0.4, 0.5) is 11.4 Å². The predicted octanol–water partition coefficient (Wildman–Crippen LogP) is 6.91. The number of furan rings is 1. The fraction of sp³-hybridized carbons (Fsp3) is 0.0800. The molecule has 0 N–H and O–H groups in total. The molecule has 5 aromatic rings. The summed E-state index contributed by atoms with van der Waals surface area (Å²) in [5.74, 6) is 1.47. The average Bonchev–Trinajstić information content (AvgIpc) is 3.43. The van der Waals surface area contributed by atoms with E-state index in [1.54, 1.807) is 11.8 Å². The van der Waals surface area contributed by atoms with Crippen molar-refractivity contribution >= 4 is 67.7 Å². The van der Waals surface area contributed by atoms with Crippen molar-refractivity contribution in [2.75, 3.05) is 10.7 Å². The van der Waals surface area contributed by atoms with Crippen molar-refractivity contribution in [2.24, 2.45) is 7.05 Å². The number of amides is 1. The van der Waals surface area contributed by atoms with Crippen LogP contribution in [-0.4, -0.2) is 26.4 Å². The van der Waals surface area contributed by atoms with Gasteiger partial charge in [0.25, 0.3) is 0 Å². The van der Waals surface area contributed by atoms with Gasteiger partial charge in [0.1, 0.15) is 5.58 Å². The maximum absolute atomic E-state index is 13.4. The highest BCUT2D eigenvalue weighted by molar-refractivity contribution is 9.10. The molecule has 2 aromatic heterocycles. The van der Waals surface area contributed by atoms with Gasteiger partial charge in [-0.25, -0.2) is 0 Å². The van der Waals surface area contributed by atoms with E-state index in [0.29, 0.717) is 16.7 Å². The van der Waals surface area contributed by atoms with Crippen LogP contribution in [0, 0.1) is 0 Å². The van der Waals surface area contributed by atoms with Crippen molar-refractivity contribution in [1.29, 1.82) is 0 Å². The molecular formula is C25H17BrN4O2S2. The normalized spacial score (nSPS) is 12.6. The van der Waals surface area contributed by atoms with Crippen LogP contribution in [0.25, 0.3) is 22.6 Å². The lowest BCUT2D eigenvalue weighted by Crippen LogP contribution is -2.30. The number of hydrogen-bond donors (Lipinski definition) is 0. The van der Waals surface area contributed by atoms with Crippen LogP contribution in [0.5, 0.6) is 0 Å². The first kappa shape index (κ1) is 21.5. The number of aromatic nitrogens is 3. The maximum Gasteiger partial charge on any atom is 0.242 e. The Kier molecular flexibility index (Phi) is 5.47. The quantitative estimate of drug-likeness (QED) is 0.227. The van der Waals surface area contributed by atoms with Gasteiger partial charge < -0.3 is 8.98 Å². The number of fused-ring (bicyclic) bond motifs is 3. The smallest absolute Gasteiger partial charge is 0.242 e. The summed E-state index contributed by atoms with van der Waals surface area (Å²) in [6.07, 6.45) is 0. The number of carbonyl (C=O) groups excluding carboxylic acids is 1. The Bertz CT molecular complexity index is 1520. The first-order valence-corrected chi connectivity index (χ1v) is 13.1. The fourth-order valence-corrected chi connectivity index (χ4v) is 6.14. The van der Waals surface area contributed by atoms with E-state index in [1.165, 1.54) is 11.8 Å². The summed E-state index contributed by atoms with van der Waals surface area (Å²) < 4.78 is 8.82. The Morgan fingerprint density at radius 2 is 1.71 bits per heavy atom. The van der Waals surface area contributed by atoms with Gasteiger partial charge >= 0.3 is 0 Å². The summed E-state index contributed by atoms with van der Waals surface area (Å²) in [5, 5.41) is 10.3. The number of halogens is 1. The molecule has 0 unspecified atom stereocenters. The summed E-state index contributed by atoms with van der Waals surface area (Å²) >= 11 is 6.54. The number of benzene rings is 3. The Balaban J connectivity index is 1.26. The first-order chi connectivity index (χ1) is 16.6. The molecule has 0 saturated carbocycles. The maximum atomic E-state index is 13.4. The molecule has 1 aliphatic rings. The number of anilines is 2. The zero-order chi connectivity index (χ0) is 23.2. The summed E-state index contributed by atoms with van der Waals surface area (Å²) in [6, 6.07) is 23.8. The van der Waals surface area contributed by atoms with E-state index in [-0.39, 0.29) is 11.7 Å². The molecule has 34 heavy (non-hydrogen) atoms. The van der Waals surface area contributed by atoms with Crippen LogP contribution in [-0.2, 0) is 11.8 Å². The summed E-state index contributed by atoms with van der Waals surface area (Å²) in [7, 11) is 1.88. The Morgan fingerprint density at radius 1 is 1.00 bits per heavy atom. The van der Waals surface area contributed by atoms with Gasteiger partial charge in [0, 0.05) is 26.7 Å². The SMILES string of the molecule is Cn1c(SCC(=O)N2c3ccccc3Sc3ccccc32)nnc1-c1cc2cc(Br)ccc2o1. The lowest BCUT2D eigenvalue weighted by molar-refractivity contribution is -0.115. The molecule has 3 heterocycles. The largest absolute Gasteiger partial charge is 0.453 e. The van der Waals surface area contributed by atoms with E-state index in [9.17, 15) is 4.79 Å². The molecule has 0 atom stereocenters. The van der Waals surface area contributed by atoms with Gasteiger partial charge in [0.2, 0.25) is 5.91 Å². The second kappa shape index (κ2) is 8.65. The minimum Gasteiger partial charge on any atom is -0.453 e. The molecule has 3 aromatic carbocycles. The van der Waals surface area contributed by atoms with Gasteiger partial charge in [-0.2, -0.15) is 0 Å². The molecule has 0 fully saturated rings. The molecule has 168 valence electrons. The van der Waals surface area contributed by atoms with Crippen LogP contribution >= 0.6 is 39.5 Å². The Morgan fingerprint density at radius 3 is 2.44 bits per heavy atom. The van der Waals surface area contributed by atoms with Crippen molar-refractivity contribution in [3.63, 3.8) is 0 Å². The molecule has 0 aliphatic carbocycles. The molecule has 0 radical (unpaired) electrons. The Hall–Kier alpha value is -3.01. The third-order valence-corrected chi connectivity index (χ3v) is 8.17. The molecule has 1 aliphatic heterocycles. The van der Waals surface area contributed by atoms with Crippen molar-refractivity contribution in [3.8, 4) is 11.6 Å². The lowest BCUT2D eigenvalue weighted by atomic mass is 10.2. The molecule has 6 rings (SSSR count). The number of thioether (sulfide) groups is 1. The Labute approximate surface area is 212 Å². The molecule has 0 spiro atoms. The van der Waals surface area contributed by atoms with Gasteiger partial charge in [0.05, 0.1) is 17.1 Å². The van der Waals surface area contributed by atoms with E-state index in [0.717, 1.165) is 36.6 Å². The zero-order valence-electron chi connectivity index (χ0n) is 17.9. The number of nitrogens with zero attached hydrogens (tertiary/aromatic N) is 4. The van der Waals surface area contributed by atoms with E-state index in [4.69, 9.17) is 4.42 Å². The van der Waals surface area contributed by atoms with Crippen molar-refractivity contribution in [2.45, 2.75) is 14.9 Å². The summed E-state index contributed by atoms with van der Waals surface area (Å²) in [6.45, 7) is 0.